The van der Waals surface area contributed by atoms with Crippen molar-refractivity contribution in [1.29, 1.82) is 0 Å². The van der Waals surface area contributed by atoms with Gasteiger partial charge in [-0.2, -0.15) is 0 Å². The lowest BCUT2D eigenvalue weighted by molar-refractivity contribution is -0.116. The lowest BCUT2D eigenvalue weighted by Crippen LogP contribution is -2.37. The Morgan fingerprint density at radius 3 is 2.07 bits per heavy atom. The van der Waals surface area contributed by atoms with Crippen LogP contribution in [0.3, 0.4) is 0 Å². The van der Waals surface area contributed by atoms with Crippen molar-refractivity contribution in [2.45, 2.75) is 0 Å². The van der Waals surface area contributed by atoms with Crippen LogP contribution in [0.5, 0.6) is 11.8 Å². The molecule has 0 spiro atoms. The van der Waals surface area contributed by atoms with E-state index in [2.05, 4.69) is 15.3 Å². The maximum absolute atomic E-state index is 12.3. The molecule has 8 nitrogen and oxygen atoms in total. The molecule has 0 radical (unpaired) electrons. The Balaban J connectivity index is 1.38. The lowest BCUT2D eigenvalue weighted by atomic mass is 10.1. The molecule has 0 unspecified atom stereocenters. The van der Waals surface area contributed by atoms with Crippen LogP contribution in [0.15, 0.2) is 67.0 Å². The number of anilines is 1. The Morgan fingerprint density at radius 1 is 0.893 bits per heavy atom. The van der Waals surface area contributed by atoms with Gasteiger partial charge in [0, 0.05) is 0 Å². The Morgan fingerprint density at radius 2 is 1.46 bits per heavy atom. The minimum absolute atomic E-state index is 0.129. The number of amides is 3. The lowest BCUT2D eigenvalue weighted by Gasteiger charge is -2.13. The summed E-state index contributed by atoms with van der Waals surface area (Å²) in [5, 5.41) is 2.56. The molecule has 2 heterocycles. The highest BCUT2D eigenvalue weighted by atomic mass is 16.5. The number of para-hydroxylation sites is 1. The molecule has 1 aromatic heterocycles. The zero-order chi connectivity index (χ0) is 19.5. The predicted octanol–water partition coefficient (Wildman–Crippen LogP) is 2.50. The predicted molar refractivity (Wildman–Crippen MR) is 99.0 cm³/mol. The molecule has 0 aliphatic carbocycles. The van der Waals surface area contributed by atoms with Crippen LogP contribution in [0.25, 0.3) is 0 Å². The van der Waals surface area contributed by atoms with Gasteiger partial charge in [-0.15, -0.1) is 0 Å². The first-order valence-corrected chi connectivity index (χ1v) is 8.42. The van der Waals surface area contributed by atoms with Gasteiger partial charge in [0.2, 0.25) is 5.91 Å². The van der Waals surface area contributed by atoms with Gasteiger partial charge in [0.25, 0.3) is 11.8 Å². The first-order chi connectivity index (χ1) is 13.6. The van der Waals surface area contributed by atoms with E-state index in [0.717, 1.165) is 4.90 Å². The Bertz CT molecular complexity index is 1020. The van der Waals surface area contributed by atoms with Crippen LogP contribution in [-0.4, -0.2) is 39.1 Å². The summed E-state index contributed by atoms with van der Waals surface area (Å²) in [4.78, 5) is 45.8. The summed E-state index contributed by atoms with van der Waals surface area (Å²) >= 11 is 0. The van der Waals surface area contributed by atoms with E-state index in [-0.39, 0.29) is 6.01 Å². The summed E-state index contributed by atoms with van der Waals surface area (Å²) < 4.78 is 5.48. The number of nitrogens with one attached hydrogen (secondary N) is 1. The molecule has 0 saturated carbocycles. The first-order valence-electron chi connectivity index (χ1n) is 8.42. The van der Waals surface area contributed by atoms with E-state index in [0.29, 0.717) is 22.6 Å². The second-order valence-corrected chi connectivity index (χ2v) is 5.96. The van der Waals surface area contributed by atoms with Gasteiger partial charge < -0.3 is 10.1 Å². The second kappa shape index (κ2) is 7.28. The molecule has 3 aromatic rings. The molecule has 0 fully saturated rings. The molecule has 0 atom stereocenters. The Hall–Kier alpha value is -4.07. The third kappa shape index (κ3) is 3.43. The molecule has 8 heteroatoms. The first kappa shape index (κ1) is 17.3. The molecular formula is C20H14N4O4. The van der Waals surface area contributed by atoms with Crippen LogP contribution in [0.4, 0.5) is 5.69 Å². The standard InChI is InChI=1S/C20H14N4O4/c25-17(12-24-18(26)15-8-4-5-9-16(15)19(24)27)23-13-10-21-20(22-11-13)28-14-6-2-1-3-7-14/h1-11H,12H2,(H,23,25). The third-order valence-corrected chi connectivity index (χ3v) is 4.04. The van der Waals surface area contributed by atoms with Crippen LogP contribution >= 0.6 is 0 Å². The number of nitrogens with zero attached hydrogens (tertiary/aromatic N) is 3. The molecule has 1 aliphatic rings. The van der Waals surface area contributed by atoms with E-state index in [9.17, 15) is 14.4 Å². The largest absolute Gasteiger partial charge is 0.424 e. The number of fused-ring (bicyclic) bond motifs is 1. The number of imide groups is 1. The Kier molecular flexibility index (Phi) is 4.51. The van der Waals surface area contributed by atoms with Gasteiger partial charge in [0.15, 0.2) is 0 Å². The van der Waals surface area contributed by atoms with Crippen molar-refractivity contribution in [2.75, 3.05) is 11.9 Å². The summed E-state index contributed by atoms with van der Waals surface area (Å²) in [6.07, 6.45) is 2.76. The summed E-state index contributed by atoms with van der Waals surface area (Å²) in [7, 11) is 0. The third-order valence-electron chi connectivity index (χ3n) is 4.04. The maximum atomic E-state index is 12.3. The highest BCUT2D eigenvalue weighted by Gasteiger charge is 2.36. The Labute approximate surface area is 159 Å². The monoisotopic (exact) mass is 374 g/mol. The van der Waals surface area contributed by atoms with Gasteiger partial charge in [0.1, 0.15) is 12.3 Å². The van der Waals surface area contributed by atoms with Crippen LogP contribution in [-0.2, 0) is 4.79 Å². The number of aromatic nitrogens is 2. The molecule has 1 N–H and O–H groups in total. The fourth-order valence-electron chi connectivity index (χ4n) is 2.75. The van der Waals surface area contributed by atoms with Gasteiger partial charge in [-0.3, -0.25) is 19.3 Å². The number of ether oxygens (including phenoxy) is 1. The molecule has 4 rings (SSSR count). The van der Waals surface area contributed by atoms with Gasteiger partial charge in [-0.1, -0.05) is 30.3 Å². The maximum Gasteiger partial charge on any atom is 0.322 e. The number of carbonyl (C=O) groups excluding carboxylic acids is 3. The summed E-state index contributed by atoms with van der Waals surface area (Å²) in [5.41, 5.74) is 0.916. The SMILES string of the molecule is O=C(CN1C(=O)c2ccccc2C1=O)Nc1cnc(Oc2ccccc2)nc1. The molecule has 0 saturated heterocycles. The van der Waals surface area contributed by atoms with E-state index >= 15 is 0 Å². The fourth-order valence-corrected chi connectivity index (χ4v) is 2.75. The average molecular weight is 374 g/mol. The normalized spacial score (nSPS) is 12.6. The number of benzene rings is 2. The minimum Gasteiger partial charge on any atom is -0.424 e. The van der Waals surface area contributed by atoms with Crippen molar-refractivity contribution < 1.29 is 19.1 Å². The van der Waals surface area contributed by atoms with E-state index in [1.807, 2.05) is 18.2 Å². The average Bonchev–Trinajstić information content (AvgIpc) is 2.95. The van der Waals surface area contributed by atoms with Crippen molar-refractivity contribution in [3.05, 3.63) is 78.1 Å². The molecule has 28 heavy (non-hydrogen) atoms. The number of hydrogen-bond acceptors (Lipinski definition) is 6. The van der Waals surface area contributed by atoms with Crippen molar-refractivity contribution in [1.82, 2.24) is 14.9 Å². The molecule has 1 aliphatic heterocycles. The summed E-state index contributed by atoms with van der Waals surface area (Å²) in [6, 6.07) is 15.6. The number of carbonyl (C=O) groups is 3. The fraction of sp³-hybridized carbons (Fsp3) is 0.0500. The van der Waals surface area contributed by atoms with Crippen LogP contribution < -0.4 is 10.1 Å². The molecule has 0 bridgehead atoms. The second-order valence-electron chi connectivity index (χ2n) is 5.96. The van der Waals surface area contributed by atoms with Crippen molar-refractivity contribution in [3.63, 3.8) is 0 Å². The summed E-state index contributed by atoms with van der Waals surface area (Å²) in [5.74, 6) is -0.919. The van der Waals surface area contributed by atoms with Gasteiger partial charge in [-0.05, 0) is 24.3 Å². The zero-order valence-corrected chi connectivity index (χ0v) is 14.5. The van der Waals surface area contributed by atoms with Gasteiger partial charge in [-0.25, -0.2) is 9.97 Å². The van der Waals surface area contributed by atoms with Crippen LogP contribution in [0.1, 0.15) is 20.7 Å². The highest BCUT2D eigenvalue weighted by molar-refractivity contribution is 6.22. The highest BCUT2D eigenvalue weighted by Crippen LogP contribution is 2.22. The van der Waals surface area contributed by atoms with Crippen LogP contribution in [0, 0.1) is 0 Å². The van der Waals surface area contributed by atoms with E-state index in [1.165, 1.54) is 12.4 Å². The van der Waals surface area contributed by atoms with Crippen LogP contribution in [0.2, 0.25) is 0 Å². The molecule has 3 amide bonds. The smallest absolute Gasteiger partial charge is 0.322 e. The van der Waals surface area contributed by atoms with Gasteiger partial charge in [0.05, 0.1) is 29.2 Å². The van der Waals surface area contributed by atoms with Crippen molar-refractivity contribution >= 4 is 23.4 Å². The van der Waals surface area contributed by atoms with Crippen molar-refractivity contribution in [2.24, 2.45) is 0 Å². The number of rotatable bonds is 5. The van der Waals surface area contributed by atoms with Gasteiger partial charge >= 0.3 is 6.01 Å². The molecule has 138 valence electrons. The van der Waals surface area contributed by atoms with E-state index < -0.39 is 24.3 Å². The number of hydrogen-bond donors (Lipinski definition) is 1. The van der Waals surface area contributed by atoms with E-state index in [4.69, 9.17) is 4.74 Å². The van der Waals surface area contributed by atoms with E-state index in [1.54, 1.807) is 36.4 Å². The van der Waals surface area contributed by atoms with Crippen molar-refractivity contribution in [3.8, 4) is 11.8 Å². The summed E-state index contributed by atoms with van der Waals surface area (Å²) in [6.45, 7) is -0.394. The molecule has 2 aromatic carbocycles. The minimum atomic E-state index is -0.533. The quantitative estimate of drug-likeness (QED) is 0.689. The zero-order valence-electron chi connectivity index (χ0n) is 14.5. The topological polar surface area (TPSA) is 101 Å². The molecular weight excluding hydrogens is 360 g/mol.